The maximum absolute atomic E-state index is 13.6. The second-order valence-corrected chi connectivity index (χ2v) is 9.95. The summed E-state index contributed by atoms with van der Waals surface area (Å²) >= 11 is 12.1. The Morgan fingerprint density at radius 2 is 1.78 bits per heavy atom. The number of nitrogens with one attached hydrogen (secondary N) is 1. The number of carboxylic acid groups (broad SMARTS) is 1. The Hall–Kier alpha value is -3.81. The van der Waals surface area contributed by atoms with Gasteiger partial charge in [-0.15, -0.1) is 0 Å². The molecule has 0 fully saturated rings. The molecule has 0 aromatic heterocycles. The Morgan fingerprint density at radius 3 is 2.54 bits per heavy atom. The van der Waals surface area contributed by atoms with Gasteiger partial charge in [0.25, 0.3) is 11.8 Å². The Labute approximate surface area is 222 Å². The molecule has 0 spiro atoms. The molecule has 2 amide bonds. The number of carboxylic acids is 1. The highest BCUT2D eigenvalue weighted by Crippen LogP contribution is 2.46. The number of rotatable bonds is 4. The number of hydrogen-bond acceptors (Lipinski definition) is 4. The zero-order valence-corrected chi connectivity index (χ0v) is 21.0. The van der Waals surface area contributed by atoms with Crippen molar-refractivity contribution < 1.29 is 24.6 Å². The van der Waals surface area contributed by atoms with Gasteiger partial charge < -0.3 is 20.4 Å². The number of hydrogen-bond donors (Lipinski definition) is 3. The van der Waals surface area contributed by atoms with Gasteiger partial charge in [0, 0.05) is 34.3 Å². The van der Waals surface area contributed by atoms with Gasteiger partial charge in [0.2, 0.25) is 0 Å². The SMILES string of the molecule is O=C(O)C1=C[C@@H]2c3ccccc3N(C(=O)c3ccc(NC(=O)c4cc(Cl)ccc4Cl)c(O)c3)CCC2C1. The molecule has 3 N–H and O–H groups in total. The third-order valence-electron chi connectivity index (χ3n) is 6.87. The first-order valence-corrected chi connectivity index (χ1v) is 12.4. The molecule has 0 radical (unpaired) electrons. The molecule has 9 heteroatoms. The minimum absolute atomic E-state index is 0.0793. The van der Waals surface area contributed by atoms with Crippen LogP contribution in [0.1, 0.15) is 45.0 Å². The lowest BCUT2D eigenvalue weighted by Crippen LogP contribution is -2.32. The summed E-state index contributed by atoms with van der Waals surface area (Å²) in [7, 11) is 0. The molecule has 0 saturated carbocycles. The van der Waals surface area contributed by atoms with Crippen molar-refractivity contribution in [3.63, 3.8) is 0 Å². The Morgan fingerprint density at radius 1 is 1.00 bits per heavy atom. The Bertz CT molecular complexity index is 1470. The van der Waals surface area contributed by atoms with Gasteiger partial charge >= 0.3 is 5.97 Å². The largest absolute Gasteiger partial charge is 0.506 e. The van der Waals surface area contributed by atoms with Crippen molar-refractivity contribution in [1.82, 2.24) is 0 Å². The van der Waals surface area contributed by atoms with E-state index in [4.69, 9.17) is 23.2 Å². The zero-order chi connectivity index (χ0) is 26.3. The van der Waals surface area contributed by atoms with Crippen molar-refractivity contribution in [3.05, 3.63) is 99.0 Å². The number of aliphatic carboxylic acids is 1. The fourth-order valence-electron chi connectivity index (χ4n) is 5.04. The summed E-state index contributed by atoms with van der Waals surface area (Å²) in [6.45, 7) is 0.407. The van der Waals surface area contributed by atoms with Crippen molar-refractivity contribution in [1.29, 1.82) is 0 Å². The van der Waals surface area contributed by atoms with E-state index in [9.17, 15) is 24.6 Å². The van der Waals surface area contributed by atoms with Crippen LogP contribution in [0, 0.1) is 5.92 Å². The monoisotopic (exact) mass is 536 g/mol. The van der Waals surface area contributed by atoms with Crippen LogP contribution < -0.4 is 10.2 Å². The molecular formula is C28H22Cl2N2O5. The number of carbonyl (C=O) groups excluding carboxylic acids is 2. The van der Waals surface area contributed by atoms with E-state index >= 15 is 0 Å². The van der Waals surface area contributed by atoms with E-state index in [1.807, 2.05) is 24.3 Å². The van der Waals surface area contributed by atoms with Gasteiger partial charge in [-0.3, -0.25) is 9.59 Å². The van der Waals surface area contributed by atoms with Crippen molar-refractivity contribution in [2.75, 3.05) is 16.8 Å². The topological polar surface area (TPSA) is 107 Å². The summed E-state index contributed by atoms with van der Waals surface area (Å²) in [4.78, 5) is 39.5. The normalized spacial score (nSPS) is 18.3. The van der Waals surface area contributed by atoms with Crippen molar-refractivity contribution >= 4 is 52.4 Å². The molecule has 1 aliphatic carbocycles. The number of halogens is 2. The summed E-state index contributed by atoms with van der Waals surface area (Å²) in [6.07, 6.45) is 2.90. The molecule has 0 saturated heterocycles. The number of allylic oxidation sites excluding steroid dienone is 1. The van der Waals surface area contributed by atoms with Crippen LogP contribution in [0.5, 0.6) is 5.75 Å². The molecule has 7 nitrogen and oxygen atoms in total. The van der Waals surface area contributed by atoms with Crippen molar-refractivity contribution in [3.8, 4) is 5.75 Å². The lowest BCUT2D eigenvalue weighted by molar-refractivity contribution is -0.132. The van der Waals surface area contributed by atoms with Gasteiger partial charge in [0.05, 0.1) is 16.3 Å². The number of anilines is 2. The van der Waals surface area contributed by atoms with Crippen LogP contribution in [0.15, 0.2) is 72.3 Å². The van der Waals surface area contributed by atoms with Gasteiger partial charge in [0.1, 0.15) is 5.75 Å². The maximum Gasteiger partial charge on any atom is 0.331 e. The second-order valence-electron chi connectivity index (χ2n) is 9.10. The van der Waals surface area contributed by atoms with Gasteiger partial charge in [-0.2, -0.15) is 0 Å². The molecule has 1 aliphatic heterocycles. The van der Waals surface area contributed by atoms with Crippen molar-refractivity contribution in [2.24, 2.45) is 5.92 Å². The quantitative estimate of drug-likeness (QED) is 0.348. The zero-order valence-electron chi connectivity index (χ0n) is 19.4. The summed E-state index contributed by atoms with van der Waals surface area (Å²) < 4.78 is 0. The minimum Gasteiger partial charge on any atom is -0.506 e. The summed E-state index contributed by atoms with van der Waals surface area (Å²) in [5, 5.41) is 23.2. The third kappa shape index (κ3) is 4.80. The van der Waals surface area contributed by atoms with E-state index in [0.717, 1.165) is 11.3 Å². The smallest absolute Gasteiger partial charge is 0.331 e. The van der Waals surface area contributed by atoms with Crippen LogP contribution in [-0.2, 0) is 4.79 Å². The molecular weight excluding hydrogens is 515 g/mol. The molecule has 37 heavy (non-hydrogen) atoms. The number of fused-ring (bicyclic) bond motifs is 3. The second kappa shape index (κ2) is 9.92. The molecule has 0 bridgehead atoms. The van der Waals surface area contributed by atoms with Crippen LogP contribution in [0.2, 0.25) is 10.0 Å². The number of carbonyl (C=O) groups is 3. The van der Waals surface area contributed by atoms with E-state index in [2.05, 4.69) is 5.32 Å². The lowest BCUT2D eigenvalue weighted by atomic mass is 9.87. The predicted molar refractivity (Wildman–Crippen MR) is 142 cm³/mol. The Balaban J connectivity index is 1.40. The predicted octanol–water partition coefficient (Wildman–Crippen LogP) is 6.12. The molecule has 188 valence electrons. The molecule has 1 heterocycles. The number of para-hydroxylation sites is 1. The van der Waals surface area contributed by atoms with Crippen molar-refractivity contribution in [2.45, 2.75) is 18.8 Å². The van der Waals surface area contributed by atoms with E-state index in [0.29, 0.717) is 30.0 Å². The highest BCUT2D eigenvalue weighted by molar-refractivity contribution is 6.36. The van der Waals surface area contributed by atoms with Gasteiger partial charge in [-0.25, -0.2) is 4.79 Å². The summed E-state index contributed by atoms with van der Waals surface area (Å²) in [6, 6.07) is 16.3. The van der Waals surface area contributed by atoms with Gasteiger partial charge in [0.15, 0.2) is 0 Å². The van der Waals surface area contributed by atoms with Crippen LogP contribution >= 0.6 is 23.2 Å². The minimum atomic E-state index is -0.904. The summed E-state index contributed by atoms with van der Waals surface area (Å²) in [5.41, 5.74) is 2.55. The fourth-order valence-corrected chi connectivity index (χ4v) is 5.42. The average molecular weight is 537 g/mol. The molecule has 2 atom stereocenters. The van der Waals surface area contributed by atoms with E-state index in [1.165, 1.54) is 30.3 Å². The summed E-state index contributed by atoms with van der Waals surface area (Å²) in [5.74, 6) is -2.02. The first-order chi connectivity index (χ1) is 17.7. The van der Waals surface area contributed by atoms with E-state index in [1.54, 1.807) is 17.0 Å². The highest BCUT2D eigenvalue weighted by Gasteiger charge is 2.37. The average Bonchev–Trinajstić information content (AvgIpc) is 3.25. The molecule has 2 aliphatic rings. The van der Waals surface area contributed by atoms with Crippen LogP contribution in [-0.4, -0.2) is 34.5 Å². The number of phenolic OH excluding ortho intramolecular Hbond substituents is 1. The Kier molecular flexibility index (Phi) is 6.67. The number of benzene rings is 3. The molecule has 1 unspecified atom stereocenters. The number of nitrogens with zero attached hydrogens (tertiary/aromatic N) is 1. The molecule has 3 aromatic carbocycles. The number of amides is 2. The first-order valence-electron chi connectivity index (χ1n) is 11.7. The molecule has 5 rings (SSSR count). The third-order valence-corrected chi connectivity index (χ3v) is 7.43. The number of aromatic hydroxyl groups is 1. The first kappa shape index (κ1) is 24.9. The van der Waals surface area contributed by atoms with E-state index in [-0.39, 0.29) is 45.3 Å². The van der Waals surface area contributed by atoms with Crippen LogP contribution in [0.25, 0.3) is 0 Å². The highest BCUT2D eigenvalue weighted by atomic mass is 35.5. The van der Waals surface area contributed by atoms with Crippen LogP contribution in [0.4, 0.5) is 11.4 Å². The van der Waals surface area contributed by atoms with E-state index < -0.39 is 11.9 Å². The van der Waals surface area contributed by atoms with Gasteiger partial charge in [-0.1, -0.05) is 47.5 Å². The fraction of sp³-hybridized carbons (Fsp3) is 0.179. The lowest BCUT2D eigenvalue weighted by Gasteiger charge is -2.24. The van der Waals surface area contributed by atoms with Crippen LogP contribution in [0.3, 0.4) is 0 Å². The number of phenols is 1. The molecule has 3 aromatic rings. The standard InChI is InChI=1S/C28H22Cl2N2O5/c29-18-6-7-22(30)21(14-18)26(34)31-23-8-5-16(13-25(23)33)27(35)32-10-9-15-11-17(28(36)37)12-20(15)19-3-1-2-4-24(19)32/h1-8,12-15,20,33H,9-11H2,(H,31,34)(H,36,37)/t15?,20-/m0/s1. The maximum atomic E-state index is 13.6. The van der Waals surface area contributed by atoms with Gasteiger partial charge in [-0.05, 0) is 66.8 Å².